The predicted octanol–water partition coefficient (Wildman–Crippen LogP) is 8.11. The fraction of sp³-hybridized carbons (Fsp3) is 0.290. The molecule has 5 nitrogen and oxygen atoms in total. The fourth-order valence-corrected chi connectivity index (χ4v) is 5.28. The lowest BCUT2D eigenvalue weighted by Crippen LogP contribution is -2.29. The Bertz CT molecular complexity index is 1540. The van der Waals surface area contributed by atoms with Crippen molar-refractivity contribution in [1.82, 2.24) is 4.90 Å². The van der Waals surface area contributed by atoms with Crippen LogP contribution in [0.25, 0.3) is 11.0 Å². The Morgan fingerprint density at radius 3 is 2.45 bits per heavy atom. The highest BCUT2D eigenvalue weighted by Crippen LogP contribution is 2.40. The minimum Gasteiger partial charge on any atom is -0.494 e. The smallest absolute Gasteiger partial charge is 0.291 e. The van der Waals surface area contributed by atoms with Crippen LogP contribution in [0.5, 0.6) is 5.75 Å². The third kappa shape index (κ3) is 5.05. The van der Waals surface area contributed by atoms with E-state index < -0.39 is 6.04 Å². The molecule has 4 aromatic rings. The molecule has 1 aliphatic rings. The van der Waals surface area contributed by atoms with Crippen molar-refractivity contribution < 1.29 is 13.9 Å². The zero-order chi connectivity index (χ0) is 26.8. The van der Waals surface area contributed by atoms with Crippen LogP contribution in [0.2, 0.25) is 10.0 Å². The van der Waals surface area contributed by atoms with Gasteiger partial charge in [0.05, 0.1) is 23.6 Å². The second-order valence-electron chi connectivity index (χ2n) is 9.68. The Morgan fingerprint density at radius 2 is 1.71 bits per heavy atom. The van der Waals surface area contributed by atoms with Gasteiger partial charge in [-0.15, -0.1) is 0 Å². The number of unbranched alkanes of at least 4 members (excludes halogenated alkanes) is 3. The molecule has 3 aromatic carbocycles. The van der Waals surface area contributed by atoms with Crippen molar-refractivity contribution in [2.24, 2.45) is 0 Å². The maximum atomic E-state index is 13.8. The van der Waals surface area contributed by atoms with Crippen molar-refractivity contribution in [3.8, 4) is 5.75 Å². The van der Waals surface area contributed by atoms with E-state index in [1.165, 1.54) is 12.8 Å². The largest absolute Gasteiger partial charge is 0.494 e. The van der Waals surface area contributed by atoms with Crippen LogP contribution >= 0.6 is 23.2 Å². The van der Waals surface area contributed by atoms with Gasteiger partial charge in [0, 0.05) is 16.6 Å². The average molecular weight is 550 g/mol. The fourth-order valence-electron chi connectivity index (χ4n) is 4.93. The van der Waals surface area contributed by atoms with E-state index in [0.717, 1.165) is 35.3 Å². The molecule has 5 rings (SSSR count). The molecule has 7 heteroatoms. The van der Waals surface area contributed by atoms with E-state index in [1.807, 2.05) is 49.4 Å². The Labute approximate surface area is 231 Å². The molecule has 1 amide bonds. The van der Waals surface area contributed by atoms with Gasteiger partial charge in [-0.1, -0.05) is 79.7 Å². The predicted molar refractivity (Wildman–Crippen MR) is 151 cm³/mol. The minimum atomic E-state index is -0.645. The van der Waals surface area contributed by atoms with E-state index in [9.17, 15) is 9.59 Å². The summed E-state index contributed by atoms with van der Waals surface area (Å²) < 4.78 is 12.0. The molecule has 1 aromatic heterocycles. The molecule has 0 fully saturated rings. The number of ether oxygens (including phenoxy) is 1. The average Bonchev–Trinajstić information content (AvgIpc) is 3.18. The van der Waals surface area contributed by atoms with Crippen LogP contribution in [0.1, 0.15) is 71.5 Å². The molecule has 0 saturated heterocycles. The van der Waals surface area contributed by atoms with Crippen LogP contribution in [-0.4, -0.2) is 17.4 Å². The number of nitrogens with zero attached hydrogens (tertiary/aromatic N) is 1. The van der Waals surface area contributed by atoms with Crippen LogP contribution in [0.4, 0.5) is 0 Å². The Balaban J connectivity index is 1.56. The number of hydrogen-bond donors (Lipinski definition) is 0. The molecule has 1 unspecified atom stereocenters. The van der Waals surface area contributed by atoms with E-state index in [4.69, 9.17) is 32.4 Å². The number of carbonyl (C=O) groups excluding carboxylic acids is 1. The minimum absolute atomic E-state index is 0.0533. The molecule has 0 saturated carbocycles. The zero-order valence-electron chi connectivity index (χ0n) is 21.4. The molecule has 1 aliphatic heterocycles. The molecule has 196 valence electrons. The van der Waals surface area contributed by atoms with E-state index in [0.29, 0.717) is 33.2 Å². The second-order valence-corrected chi connectivity index (χ2v) is 10.5. The first-order valence-electron chi connectivity index (χ1n) is 12.9. The SMILES string of the molecule is CCCCCCOc1ccc(C2c3c(oc4cc(C)c(Cl)cc4c3=O)C(=O)N2Cc2ccccc2Cl)cc1. The number of halogens is 2. The molecular formula is C31H29Cl2NO4. The van der Waals surface area contributed by atoms with E-state index in [-0.39, 0.29) is 23.6 Å². The highest BCUT2D eigenvalue weighted by Gasteiger charge is 2.43. The number of rotatable bonds is 9. The number of carbonyl (C=O) groups is 1. The van der Waals surface area contributed by atoms with Crippen molar-refractivity contribution in [3.63, 3.8) is 0 Å². The van der Waals surface area contributed by atoms with Gasteiger partial charge in [-0.05, 0) is 60.4 Å². The van der Waals surface area contributed by atoms with Gasteiger partial charge in [-0.2, -0.15) is 0 Å². The number of hydrogen-bond acceptors (Lipinski definition) is 4. The number of aryl methyl sites for hydroxylation is 1. The van der Waals surface area contributed by atoms with Gasteiger partial charge in [0.15, 0.2) is 5.43 Å². The van der Waals surface area contributed by atoms with Gasteiger partial charge < -0.3 is 14.1 Å². The first-order chi connectivity index (χ1) is 18.4. The van der Waals surface area contributed by atoms with Crippen LogP contribution in [0.3, 0.4) is 0 Å². The summed E-state index contributed by atoms with van der Waals surface area (Å²) in [5, 5.41) is 1.37. The van der Waals surface area contributed by atoms with Crippen LogP contribution in [0, 0.1) is 6.92 Å². The van der Waals surface area contributed by atoms with E-state index >= 15 is 0 Å². The molecule has 0 aliphatic carbocycles. The van der Waals surface area contributed by atoms with Gasteiger partial charge in [-0.3, -0.25) is 9.59 Å². The highest BCUT2D eigenvalue weighted by molar-refractivity contribution is 6.32. The van der Waals surface area contributed by atoms with Gasteiger partial charge >= 0.3 is 0 Å². The van der Waals surface area contributed by atoms with Crippen molar-refractivity contribution in [2.45, 2.75) is 52.1 Å². The third-order valence-corrected chi connectivity index (χ3v) is 7.78. The molecule has 2 heterocycles. The Hall–Kier alpha value is -3.28. The molecule has 0 spiro atoms. The van der Waals surface area contributed by atoms with Gasteiger partial charge in [0.1, 0.15) is 11.3 Å². The summed E-state index contributed by atoms with van der Waals surface area (Å²) in [5.74, 6) is 0.450. The summed E-state index contributed by atoms with van der Waals surface area (Å²) in [5.41, 5.74) is 2.72. The second kappa shape index (κ2) is 11.2. The lowest BCUT2D eigenvalue weighted by Gasteiger charge is -2.25. The van der Waals surface area contributed by atoms with Crippen molar-refractivity contribution >= 4 is 40.1 Å². The maximum absolute atomic E-state index is 13.8. The topological polar surface area (TPSA) is 59.8 Å². The van der Waals surface area contributed by atoms with Gasteiger partial charge in [-0.25, -0.2) is 0 Å². The van der Waals surface area contributed by atoms with Gasteiger partial charge in [0.2, 0.25) is 5.76 Å². The van der Waals surface area contributed by atoms with Crippen molar-refractivity contribution in [2.75, 3.05) is 6.61 Å². The van der Waals surface area contributed by atoms with Crippen molar-refractivity contribution in [3.05, 3.63) is 109 Å². The van der Waals surface area contributed by atoms with Crippen molar-refractivity contribution in [1.29, 1.82) is 0 Å². The Kier molecular flexibility index (Phi) is 7.78. The Morgan fingerprint density at radius 1 is 0.947 bits per heavy atom. The molecule has 38 heavy (non-hydrogen) atoms. The lowest BCUT2D eigenvalue weighted by molar-refractivity contribution is 0.0714. The molecule has 1 atom stereocenters. The highest BCUT2D eigenvalue weighted by atomic mass is 35.5. The number of amides is 1. The molecule has 0 N–H and O–H groups in total. The van der Waals surface area contributed by atoms with Crippen LogP contribution < -0.4 is 10.2 Å². The van der Waals surface area contributed by atoms with Crippen LogP contribution in [0.15, 0.2) is 69.9 Å². The molecule has 0 radical (unpaired) electrons. The first kappa shape index (κ1) is 26.3. The lowest BCUT2D eigenvalue weighted by atomic mass is 9.98. The van der Waals surface area contributed by atoms with Gasteiger partial charge in [0.25, 0.3) is 5.91 Å². The summed E-state index contributed by atoms with van der Waals surface area (Å²) in [4.78, 5) is 29.2. The summed E-state index contributed by atoms with van der Waals surface area (Å²) in [7, 11) is 0. The molecule has 0 bridgehead atoms. The first-order valence-corrected chi connectivity index (χ1v) is 13.7. The zero-order valence-corrected chi connectivity index (χ0v) is 22.9. The summed E-state index contributed by atoms with van der Waals surface area (Å²) >= 11 is 12.8. The normalized spacial score (nSPS) is 14.8. The van der Waals surface area contributed by atoms with E-state index in [1.54, 1.807) is 23.1 Å². The van der Waals surface area contributed by atoms with E-state index in [2.05, 4.69) is 6.92 Å². The van der Waals surface area contributed by atoms with Crippen LogP contribution in [-0.2, 0) is 6.54 Å². The molecular weight excluding hydrogens is 521 g/mol. The summed E-state index contributed by atoms with van der Waals surface area (Å²) in [6, 6.07) is 17.6. The number of benzene rings is 3. The standard InChI is InChI=1S/C31H29Cl2NO4/c1-3-4-5-8-15-37-22-13-11-20(12-14-22)28-27-29(35)23-17-25(33)19(2)16-26(23)38-30(27)31(36)34(28)18-21-9-6-7-10-24(21)32/h6-7,9-14,16-17,28H,3-5,8,15,18H2,1-2H3. The summed E-state index contributed by atoms with van der Waals surface area (Å²) in [6.45, 7) is 4.88. The summed E-state index contributed by atoms with van der Waals surface area (Å²) in [6.07, 6.45) is 4.51. The quantitative estimate of drug-likeness (QED) is 0.198. The maximum Gasteiger partial charge on any atom is 0.291 e. The number of fused-ring (bicyclic) bond motifs is 2. The monoisotopic (exact) mass is 549 g/mol. The third-order valence-electron chi connectivity index (χ3n) is 7.01.